The Morgan fingerprint density at radius 1 is 1.20 bits per heavy atom. The molecule has 0 aliphatic rings. The molecule has 0 fully saturated rings. The first-order valence-electron chi connectivity index (χ1n) is 8.35. The minimum Gasteiger partial charge on any atom is -0.357 e. The maximum absolute atomic E-state index is 5.91. The lowest BCUT2D eigenvalue weighted by Crippen LogP contribution is -2.38. The molecular weight excluding hydrogens is 467 g/mol. The second kappa shape index (κ2) is 12.5. The molecule has 0 atom stereocenters. The minimum atomic E-state index is 0. The summed E-state index contributed by atoms with van der Waals surface area (Å²) in [6, 6.07) is 7.97. The van der Waals surface area contributed by atoms with Gasteiger partial charge in [0, 0.05) is 42.2 Å². The molecule has 2 N–H and O–H groups in total. The van der Waals surface area contributed by atoms with Crippen LogP contribution in [-0.2, 0) is 12.8 Å². The zero-order chi connectivity index (χ0) is 17.2. The number of benzene rings is 1. The van der Waals surface area contributed by atoms with Crippen molar-refractivity contribution in [3.05, 3.63) is 50.9 Å². The van der Waals surface area contributed by atoms with Gasteiger partial charge in [0.05, 0.1) is 5.01 Å². The lowest BCUT2D eigenvalue weighted by atomic mass is 10.1. The van der Waals surface area contributed by atoms with Gasteiger partial charge in [-0.1, -0.05) is 23.7 Å². The summed E-state index contributed by atoms with van der Waals surface area (Å²) in [5.41, 5.74) is 2.37. The number of hydrogen-bond acceptors (Lipinski definition) is 3. The standard InChI is InChI=1S/C18H25ClN4S.HI/c1-3-20-18(21-11-4-5-17-23-14(2)13-24-17)22-12-10-15-6-8-16(19)9-7-15;/h6-9,13H,3-5,10-12H2,1-2H3,(H2,20,21,22);1H. The van der Waals surface area contributed by atoms with Crippen molar-refractivity contribution >= 4 is 52.9 Å². The van der Waals surface area contributed by atoms with E-state index in [-0.39, 0.29) is 24.0 Å². The van der Waals surface area contributed by atoms with E-state index in [1.807, 2.05) is 19.1 Å². The lowest BCUT2D eigenvalue weighted by Gasteiger charge is -2.11. The van der Waals surface area contributed by atoms with Crippen molar-refractivity contribution in [1.29, 1.82) is 0 Å². The normalized spacial score (nSPS) is 11.1. The summed E-state index contributed by atoms with van der Waals surface area (Å²) in [5, 5.41) is 10.7. The van der Waals surface area contributed by atoms with Crippen LogP contribution in [0.3, 0.4) is 0 Å². The predicted molar refractivity (Wildman–Crippen MR) is 120 cm³/mol. The number of thiazole rings is 1. The zero-order valence-corrected chi connectivity index (χ0v) is 18.6. The van der Waals surface area contributed by atoms with Crippen molar-refractivity contribution in [2.45, 2.75) is 33.1 Å². The number of aliphatic imine (C=N–C) groups is 1. The Balaban J connectivity index is 0.00000312. The molecule has 1 heterocycles. The Hall–Kier alpha value is -0.860. The monoisotopic (exact) mass is 492 g/mol. The second-order valence-corrected chi connectivity index (χ2v) is 6.93. The third-order valence-electron chi connectivity index (χ3n) is 3.45. The van der Waals surface area contributed by atoms with Gasteiger partial charge in [-0.05, 0) is 44.4 Å². The first-order valence-corrected chi connectivity index (χ1v) is 9.60. The van der Waals surface area contributed by atoms with Gasteiger partial charge >= 0.3 is 0 Å². The van der Waals surface area contributed by atoms with E-state index < -0.39 is 0 Å². The van der Waals surface area contributed by atoms with E-state index >= 15 is 0 Å². The number of aromatic nitrogens is 1. The zero-order valence-electron chi connectivity index (χ0n) is 14.7. The molecule has 2 rings (SSSR count). The van der Waals surface area contributed by atoms with Crippen LogP contribution in [0.5, 0.6) is 0 Å². The molecule has 1 aromatic heterocycles. The highest BCUT2D eigenvalue weighted by atomic mass is 127. The molecule has 0 unspecified atom stereocenters. The predicted octanol–water partition coefficient (Wildman–Crippen LogP) is 4.45. The molecule has 25 heavy (non-hydrogen) atoms. The number of guanidine groups is 1. The molecule has 0 spiro atoms. The van der Waals surface area contributed by atoms with Crippen molar-refractivity contribution in [2.75, 3.05) is 19.6 Å². The number of halogens is 2. The number of aryl methyl sites for hydroxylation is 2. The van der Waals surface area contributed by atoms with E-state index in [0.29, 0.717) is 0 Å². The molecule has 7 heteroatoms. The van der Waals surface area contributed by atoms with Crippen LogP contribution in [0.1, 0.15) is 29.6 Å². The topological polar surface area (TPSA) is 49.3 Å². The summed E-state index contributed by atoms with van der Waals surface area (Å²) in [6.07, 6.45) is 2.95. The van der Waals surface area contributed by atoms with Crippen LogP contribution in [0.2, 0.25) is 5.02 Å². The number of hydrogen-bond donors (Lipinski definition) is 2. The van der Waals surface area contributed by atoms with E-state index in [4.69, 9.17) is 11.6 Å². The highest BCUT2D eigenvalue weighted by molar-refractivity contribution is 14.0. The van der Waals surface area contributed by atoms with Gasteiger partial charge < -0.3 is 10.6 Å². The van der Waals surface area contributed by atoms with E-state index in [9.17, 15) is 0 Å². The molecule has 0 saturated heterocycles. The summed E-state index contributed by atoms with van der Waals surface area (Å²) < 4.78 is 0. The smallest absolute Gasteiger partial charge is 0.191 e. The Labute approximate surface area is 176 Å². The van der Waals surface area contributed by atoms with Crippen LogP contribution >= 0.6 is 46.9 Å². The number of nitrogens with zero attached hydrogens (tertiary/aromatic N) is 2. The SMILES string of the molecule is CCNC(=NCCCc1nc(C)cs1)NCCc1ccc(Cl)cc1.I. The first-order chi connectivity index (χ1) is 11.7. The maximum Gasteiger partial charge on any atom is 0.191 e. The van der Waals surface area contributed by atoms with E-state index in [0.717, 1.165) is 55.6 Å². The van der Waals surface area contributed by atoms with Crippen LogP contribution in [0, 0.1) is 6.92 Å². The van der Waals surface area contributed by atoms with Gasteiger partial charge in [-0.2, -0.15) is 0 Å². The largest absolute Gasteiger partial charge is 0.357 e. The van der Waals surface area contributed by atoms with Gasteiger partial charge in [0.1, 0.15) is 0 Å². The summed E-state index contributed by atoms with van der Waals surface area (Å²) in [4.78, 5) is 9.11. The minimum absolute atomic E-state index is 0. The van der Waals surface area contributed by atoms with Crippen LogP contribution in [-0.4, -0.2) is 30.6 Å². The summed E-state index contributed by atoms with van der Waals surface area (Å²) in [6.45, 7) is 6.62. The Morgan fingerprint density at radius 3 is 2.60 bits per heavy atom. The fraction of sp³-hybridized carbons (Fsp3) is 0.444. The highest BCUT2D eigenvalue weighted by Gasteiger charge is 2.00. The van der Waals surface area contributed by atoms with Gasteiger partial charge in [-0.25, -0.2) is 4.98 Å². The molecule has 0 aliphatic heterocycles. The summed E-state index contributed by atoms with van der Waals surface area (Å²) in [5.74, 6) is 0.877. The van der Waals surface area contributed by atoms with Crippen molar-refractivity contribution in [3.8, 4) is 0 Å². The van der Waals surface area contributed by atoms with Crippen LogP contribution in [0.15, 0.2) is 34.6 Å². The van der Waals surface area contributed by atoms with Crippen molar-refractivity contribution < 1.29 is 0 Å². The molecule has 0 radical (unpaired) electrons. The van der Waals surface area contributed by atoms with Gasteiger partial charge in [-0.3, -0.25) is 4.99 Å². The van der Waals surface area contributed by atoms with Crippen molar-refractivity contribution in [2.24, 2.45) is 4.99 Å². The fourth-order valence-electron chi connectivity index (χ4n) is 2.26. The van der Waals surface area contributed by atoms with Crippen LogP contribution in [0.4, 0.5) is 0 Å². The summed E-state index contributed by atoms with van der Waals surface area (Å²) >= 11 is 7.64. The van der Waals surface area contributed by atoms with Crippen LogP contribution < -0.4 is 10.6 Å². The Bertz CT molecular complexity index is 643. The Kier molecular flexibility index (Phi) is 11.1. The van der Waals surface area contributed by atoms with E-state index in [1.54, 1.807) is 11.3 Å². The Morgan fingerprint density at radius 2 is 1.96 bits per heavy atom. The third-order valence-corrected chi connectivity index (χ3v) is 4.73. The molecule has 138 valence electrons. The molecular formula is C18H26ClIN4S. The van der Waals surface area contributed by atoms with Crippen molar-refractivity contribution in [3.63, 3.8) is 0 Å². The van der Waals surface area contributed by atoms with Gasteiger partial charge in [0.25, 0.3) is 0 Å². The van der Waals surface area contributed by atoms with Gasteiger partial charge in [0.2, 0.25) is 0 Å². The molecule has 0 amide bonds. The van der Waals surface area contributed by atoms with Gasteiger partial charge in [0.15, 0.2) is 5.96 Å². The maximum atomic E-state index is 5.91. The molecule has 2 aromatic rings. The molecule has 1 aromatic carbocycles. The average Bonchev–Trinajstić information content (AvgIpc) is 2.99. The highest BCUT2D eigenvalue weighted by Crippen LogP contribution is 2.11. The van der Waals surface area contributed by atoms with E-state index in [2.05, 4.69) is 45.0 Å². The number of nitrogens with one attached hydrogen (secondary N) is 2. The van der Waals surface area contributed by atoms with Crippen LogP contribution in [0.25, 0.3) is 0 Å². The van der Waals surface area contributed by atoms with E-state index in [1.165, 1.54) is 10.6 Å². The van der Waals surface area contributed by atoms with Gasteiger partial charge in [-0.15, -0.1) is 35.3 Å². The second-order valence-electron chi connectivity index (χ2n) is 5.55. The lowest BCUT2D eigenvalue weighted by molar-refractivity contribution is 0.774. The molecule has 4 nitrogen and oxygen atoms in total. The van der Waals surface area contributed by atoms with Crippen molar-refractivity contribution in [1.82, 2.24) is 15.6 Å². The summed E-state index contributed by atoms with van der Waals surface area (Å²) in [7, 11) is 0. The molecule has 0 aliphatic carbocycles. The number of rotatable bonds is 8. The quantitative estimate of drug-likeness (QED) is 0.248. The molecule has 0 saturated carbocycles. The molecule has 0 bridgehead atoms. The third kappa shape index (κ3) is 8.87. The average molecular weight is 493 g/mol. The fourth-order valence-corrected chi connectivity index (χ4v) is 3.20. The first kappa shape index (κ1) is 22.2.